The smallest absolute Gasteiger partial charge is 0.321 e. The summed E-state index contributed by atoms with van der Waals surface area (Å²) in [7, 11) is 1.65. The van der Waals surface area contributed by atoms with Gasteiger partial charge in [0.05, 0.1) is 13.7 Å². The van der Waals surface area contributed by atoms with Gasteiger partial charge in [0.25, 0.3) is 0 Å². The zero-order chi connectivity index (χ0) is 25.6. The highest BCUT2D eigenvalue weighted by atomic mass is 16.5. The van der Waals surface area contributed by atoms with Crippen LogP contribution in [0.3, 0.4) is 0 Å². The molecule has 0 aromatic heterocycles. The Kier molecular flexibility index (Phi) is 7.74. The number of carbonyl (C=O) groups is 1. The summed E-state index contributed by atoms with van der Waals surface area (Å²) in [4.78, 5) is 17.4. The molecule has 2 amide bonds. The molecule has 6 heteroatoms. The third-order valence-electron chi connectivity index (χ3n) is 7.42. The van der Waals surface area contributed by atoms with E-state index >= 15 is 0 Å². The number of amides is 2. The van der Waals surface area contributed by atoms with Gasteiger partial charge in [-0.3, -0.25) is 4.90 Å². The lowest BCUT2D eigenvalue weighted by molar-refractivity contribution is -0.0585. The minimum absolute atomic E-state index is 0.0663. The van der Waals surface area contributed by atoms with Crippen LogP contribution < -0.4 is 10.1 Å². The van der Waals surface area contributed by atoms with Crippen LogP contribution in [-0.4, -0.2) is 66.4 Å². The number of para-hydroxylation sites is 1. The average molecular weight is 496 g/mol. The molecule has 0 radical (unpaired) electrons. The van der Waals surface area contributed by atoms with Crippen molar-refractivity contribution >= 4 is 11.7 Å². The summed E-state index contributed by atoms with van der Waals surface area (Å²) in [6.07, 6.45) is 1.96. The Bertz CT molecular complexity index is 1250. The van der Waals surface area contributed by atoms with Crippen molar-refractivity contribution in [1.82, 2.24) is 9.80 Å². The van der Waals surface area contributed by atoms with Crippen molar-refractivity contribution in [2.24, 2.45) is 0 Å². The molecule has 3 aromatic carbocycles. The van der Waals surface area contributed by atoms with Gasteiger partial charge in [0.1, 0.15) is 5.75 Å². The van der Waals surface area contributed by atoms with Gasteiger partial charge >= 0.3 is 6.03 Å². The molecule has 37 heavy (non-hydrogen) atoms. The lowest BCUT2D eigenvalue weighted by Gasteiger charge is -2.57. The monoisotopic (exact) mass is 495 g/mol. The van der Waals surface area contributed by atoms with Crippen molar-refractivity contribution in [1.29, 1.82) is 0 Å². The second-order valence-electron chi connectivity index (χ2n) is 9.63. The molecule has 0 saturated carbocycles. The zero-order valence-corrected chi connectivity index (χ0v) is 21.1. The number of hydrogen-bond acceptors (Lipinski definition) is 4. The van der Waals surface area contributed by atoms with E-state index in [0.717, 1.165) is 48.5 Å². The second-order valence-corrected chi connectivity index (χ2v) is 9.63. The number of methoxy groups -OCH3 is 1. The maximum atomic E-state index is 13.1. The molecule has 5 rings (SSSR count). The summed E-state index contributed by atoms with van der Waals surface area (Å²) >= 11 is 0. The van der Waals surface area contributed by atoms with E-state index in [1.54, 1.807) is 7.11 Å². The number of benzene rings is 3. The number of aliphatic hydroxyl groups excluding tert-OH is 1. The van der Waals surface area contributed by atoms with Gasteiger partial charge < -0.3 is 20.1 Å². The van der Waals surface area contributed by atoms with Crippen LogP contribution in [0.25, 0.3) is 0 Å². The van der Waals surface area contributed by atoms with E-state index in [1.807, 2.05) is 71.6 Å². The maximum absolute atomic E-state index is 13.1. The Morgan fingerprint density at radius 3 is 2.24 bits per heavy atom. The van der Waals surface area contributed by atoms with E-state index in [4.69, 9.17) is 4.74 Å². The number of aliphatic hydroxyl groups is 1. The Morgan fingerprint density at radius 1 is 0.946 bits per heavy atom. The Morgan fingerprint density at radius 2 is 1.59 bits per heavy atom. The van der Waals surface area contributed by atoms with Crippen LogP contribution >= 0.6 is 0 Å². The first kappa shape index (κ1) is 24.9. The Labute approximate surface area is 218 Å². The number of hydrogen-bond donors (Lipinski definition) is 2. The molecule has 2 N–H and O–H groups in total. The predicted octanol–water partition coefficient (Wildman–Crippen LogP) is 4.55. The quantitative estimate of drug-likeness (QED) is 0.521. The summed E-state index contributed by atoms with van der Waals surface area (Å²) in [5, 5.41) is 13.3. The first-order valence-corrected chi connectivity index (χ1v) is 12.9. The van der Waals surface area contributed by atoms with Crippen LogP contribution in [0.15, 0.2) is 78.9 Å². The topological polar surface area (TPSA) is 65.0 Å². The number of carbonyl (C=O) groups excluding carboxylic acids is 1. The van der Waals surface area contributed by atoms with E-state index in [-0.39, 0.29) is 30.6 Å². The SMILES string of the molecule is COc1ccc(C#Cc2ccc([C@@H]3[C@H](CO)N4CCCCN(C(=O)Nc5ccccc5)C[C@@H]34)cc2)cc1. The second kappa shape index (κ2) is 11.5. The molecule has 6 nitrogen and oxygen atoms in total. The number of nitrogens with zero attached hydrogens (tertiary/aromatic N) is 2. The van der Waals surface area contributed by atoms with E-state index in [2.05, 4.69) is 34.2 Å². The highest BCUT2D eigenvalue weighted by Gasteiger charge is 2.49. The molecular formula is C31H33N3O3. The minimum atomic E-state index is -0.0663. The first-order chi connectivity index (χ1) is 18.2. The molecule has 2 aliphatic rings. The van der Waals surface area contributed by atoms with Crippen molar-refractivity contribution < 1.29 is 14.6 Å². The predicted molar refractivity (Wildman–Crippen MR) is 146 cm³/mol. The molecule has 0 unspecified atom stereocenters. The van der Waals surface area contributed by atoms with E-state index < -0.39 is 0 Å². The van der Waals surface area contributed by atoms with Gasteiger partial charge in [-0.2, -0.15) is 0 Å². The van der Waals surface area contributed by atoms with Crippen LogP contribution in [-0.2, 0) is 0 Å². The number of ether oxygens (including phenoxy) is 1. The largest absolute Gasteiger partial charge is 0.497 e. The number of nitrogens with one attached hydrogen (secondary N) is 1. The van der Waals surface area contributed by atoms with Crippen LogP contribution in [0.5, 0.6) is 5.75 Å². The summed E-state index contributed by atoms with van der Waals surface area (Å²) in [5.74, 6) is 7.42. The molecule has 2 fully saturated rings. The van der Waals surface area contributed by atoms with Crippen molar-refractivity contribution in [2.75, 3.05) is 38.7 Å². The Balaban J connectivity index is 1.30. The van der Waals surface area contributed by atoms with Crippen LogP contribution in [0, 0.1) is 11.8 Å². The van der Waals surface area contributed by atoms with Crippen molar-refractivity contribution in [3.05, 3.63) is 95.6 Å². The van der Waals surface area contributed by atoms with Gasteiger partial charge in [-0.1, -0.05) is 42.2 Å². The van der Waals surface area contributed by atoms with Crippen molar-refractivity contribution in [2.45, 2.75) is 30.8 Å². The molecule has 3 aromatic rings. The highest BCUT2D eigenvalue weighted by Crippen LogP contribution is 2.42. The maximum Gasteiger partial charge on any atom is 0.321 e. The highest BCUT2D eigenvalue weighted by molar-refractivity contribution is 5.89. The van der Waals surface area contributed by atoms with Gasteiger partial charge in [0, 0.05) is 47.9 Å². The van der Waals surface area contributed by atoms with Gasteiger partial charge in [0.15, 0.2) is 0 Å². The van der Waals surface area contributed by atoms with Gasteiger partial charge in [-0.15, -0.1) is 0 Å². The van der Waals surface area contributed by atoms with Gasteiger partial charge in [-0.05, 0) is 73.5 Å². The minimum Gasteiger partial charge on any atom is -0.497 e. The number of urea groups is 1. The van der Waals surface area contributed by atoms with Crippen molar-refractivity contribution in [3.8, 4) is 17.6 Å². The van der Waals surface area contributed by atoms with Gasteiger partial charge in [0.2, 0.25) is 0 Å². The molecule has 0 spiro atoms. The number of fused-ring (bicyclic) bond motifs is 1. The summed E-state index contributed by atoms with van der Waals surface area (Å²) in [6, 6.07) is 25.8. The van der Waals surface area contributed by atoms with Crippen molar-refractivity contribution in [3.63, 3.8) is 0 Å². The summed E-state index contributed by atoms with van der Waals surface area (Å²) < 4.78 is 5.21. The van der Waals surface area contributed by atoms with E-state index in [9.17, 15) is 9.90 Å². The Hall–Kier alpha value is -3.79. The van der Waals surface area contributed by atoms with Crippen LogP contribution in [0.2, 0.25) is 0 Å². The number of rotatable bonds is 4. The van der Waals surface area contributed by atoms with E-state index in [0.29, 0.717) is 6.54 Å². The zero-order valence-electron chi connectivity index (χ0n) is 21.1. The molecular weight excluding hydrogens is 462 g/mol. The molecule has 190 valence electrons. The third kappa shape index (κ3) is 5.64. The lowest BCUT2D eigenvalue weighted by atomic mass is 9.74. The fourth-order valence-electron chi connectivity index (χ4n) is 5.46. The fraction of sp³-hybridized carbons (Fsp3) is 0.323. The van der Waals surface area contributed by atoms with Crippen LogP contribution in [0.4, 0.5) is 10.5 Å². The third-order valence-corrected chi connectivity index (χ3v) is 7.42. The van der Waals surface area contributed by atoms with E-state index in [1.165, 1.54) is 5.56 Å². The standard InChI is InChI=1S/C31H33N3O3/c1-37-27-17-13-24(14-18-27)10-9-23-11-15-25(16-12-23)30-28-21-33(19-5-6-20-34(28)29(30)22-35)31(36)32-26-7-3-2-4-8-26/h2-4,7-8,11-18,28-30,35H,5-6,19-22H2,1H3,(H,32,36)/t28-,29-,30-/m0/s1. The summed E-state index contributed by atoms with van der Waals surface area (Å²) in [5.41, 5.74) is 3.86. The molecule has 0 aliphatic carbocycles. The average Bonchev–Trinajstić information content (AvgIpc) is 2.92. The lowest BCUT2D eigenvalue weighted by Crippen LogP contribution is -2.68. The molecule has 3 atom stereocenters. The first-order valence-electron chi connectivity index (χ1n) is 12.9. The molecule has 0 bridgehead atoms. The summed E-state index contributed by atoms with van der Waals surface area (Å²) in [6.45, 7) is 2.43. The van der Waals surface area contributed by atoms with Gasteiger partial charge in [-0.25, -0.2) is 4.79 Å². The molecule has 2 aliphatic heterocycles. The molecule has 2 heterocycles. The normalized spacial score (nSPS) is 21.4. The molecule has 2 saturated heterocycles. The fourth-order valence-corrected chi connectivity index (χ4v) is 5.46. The number of anilines is 1. The van der Waals surface area contributed by atoms with Crippen LogP contribution in [0.1, 0.15) is 35.4 Å².